The average molecular weight is 363 g/mol. The summed E-state index contributed by atoms with van der Waals surface area (Å²) in [7, 11) is 0. The summed E-state index contributed by atoms with van der Waals surface area (Å²) < 4.78 is 5.42. The summed E-state index contributed by atoms with van der Waals surface area (Å²) in [6, 6.07) is 9.96. The quantitative estimate of drug-likeness (QED) is 0.553. The Kier molecular flexibility index (Phi) is 4.70. The van der Waals surface area contributed by atoms with Gasteiger partial charge in [-0.3, -0.25) is 4.98 Å². The van der Waals surface area contributed by atoms with Crippen molar-refractivity contribution >= 4 is 17.3 Å². The normalized spacial score (nSPS) is 10.8. The average Bonchev–Trinajstić information content (AvgIpc) is 3.34. The summed E-state index contributed by atoms with van der Waals surface area (Å²) in [5.41, 5.74) is 3.74. The Bertz CT molecular complexity index is 982. The van der Waals surface area contributed by atoms with Gasteiger partial charge in [0, 0.05) is 31.2 Å². The lowest BCUT2D eigenvalue weighted by Gasteiger charge is -2.09. The minimum atomic E-state index is 0.599. The zero-order chi connectivity index (χ0) is 17.8. The number of hydrogen-bond acceptors (Lipinski definition) is 7. The minimum absolute atomic E-state index is 0.599. The van der Waals surface area contributed by atoms with E-state index in [9.17, 15) is 0 Å². The fourth-order valence-corrected chi connectivity index (χ4v) is 3.34. The molecule has 0 aromatic carbocycles. The van der Waals surface area contributed by atoms with Crippen LogP contribution in [0.25, 0.3) is 21.9 Å². The van der Waals surface area contributed by atoms with E-state index in [2.05, 4.69) is 20.4 Å². The lowest BCUT2D eigenvalue weighted by Crippen LogP contribution is -2.08. The molecule has 0 amide bonds. The lowest BCUT2D eigenvalue weighted by atomic mass is 10.1. The van der Waals surface area contributed by atoms with Crippen molar-refractivity contribution in [3.63, 3.8) is 0 Å². The number of anilines is 1. The molecule has 1 N–H and O–H groups in total. The topological polar surface area (TPSA) is 76.7 Å². The Morgan fingerprint density at radius 3 is 2.81 bits per heavy atom. The first-order valence-electron chi connectivity index (χ1n) is 8.27. The van der Waals surface area contributed by atoms with Gasteiger partial charge in [0.15, 0.2) is 5.76 Å². The molecule has 4 heterocycles. The van der Waals surface area contributed by atoms with E-state index in [1.54, 1.807) is 29.9 Å². The molecule has 0 fully saturated rings. The van der Waals surface area contributed by atoms with Crippen molar-refractivity contribution in [1.82, 2.24) is 20.1 Å². The van der Waals surface area contributed by atoms with Crippen LogP contribution < -0.4 is 5.32 Å². The van der Waals surface area contributed by atoms with E-state index in [0.717, 1.165) is 34.8 Å². The van der Waals surface area contributed by atoms with Crippen molar-refractivity contribution in [2.75, 3.05) is 11.9 Å². The first kappa shape index (κ1) is 16.4. The Labute approximate surface area is 155 Å². The zero-order valence-corrected chi connectivity index (χ0v) is 15.0. The molecule has 0 aliphatic heterocycles. The van der Waals surface area contributed by atoms with E-state index >= 15 is 0 Å². The molecular formula is C19H17N5OS. The second-order valence-corrected chi connectivity index (χ2v) is 6.75. The zero-order valence-electron chi connectivity index (χ0n) is 14.2. The van der Waals surface area contributed by atoms with Crippen LogP contribution in [0.3, 0.4) is 0 Å². The van der Waals surface area contributed by atoms with Crippen molar-refractivity contribution in [3.05, 3.63) is 65.6 Å². The van der Waals surface area contributed by atoms with Crippen LogP contribution in [-0.2, 0) is 6.42 Å². The van der Waals surface area contributed by atoms with Gasteiger partial charge >= 0.3 is 0 Å². The Hall–Kier alpha value is -3.06. The number of thiophene rings is 1. The molecule has 26 heavy (non-hydrogen) atoms. The second-order valence-electron chi connectivity index (χ2n) is 5.80. The predicted molar refractivity (Wildman–Crippen MR) is 102 cm³/mol. The summed E-state index contributed by atoms with van der Waals surface area (Å²) >= 11 is 1.63. The molecule has 0 saturated carbocycles. The number of hydrogen-bond donors (Lipinski definition) is 1. The van der Waals surface area contributed by atoms with Gasteiger partial charge in [0.05, 0.1) is 21.8 Å². The van der Waals surface area contributed by atoms with Crippen molar-refractivity contribution in [1.29, 1.82) is 0 Å². The Morgan fingerprint density at radius 1 is 1.19 bits per heavy atom. The Balaban J connectivity index is 1.58. The highest BCUT2D eigenvalue weighted by Crippen LogP contribution is 2.33. The van der Waals surface area contributed by atoms with Gasteiger partial charge in [-0.15, -0.1) is 11.3 Å². The lowest BCUT2D eigenvalue weighted by molar-refractivity contribution is 0.427. The number of pyridine rings is 1. The number of rotatable bonds is 6. The third kappa shape index (κ3) is 3.62. The van der Waals surface area contributed by atoms with Crippen molar-refractivity contribution < 1.29 is 4.52 Å². The molecule has 0 atom stereocenters. The molecule has 7 heteroatoms. The van der Waals surface area contributed by atoms with Gasteiger partial charge in [0.2, 0.25) is 5.95 Å². The van der Waals surface area contributed by atoms with Crippen LogP contribution in [0.5, 0.6) is 0 Å². The first-order valence-corrected chi connectivity index (χ1v) is 9.15. The van der Waals surface area contributed by atoms with Crippen LogP contribution in [0.4, 0.5) is 5.95 Å². The molecule has 0 saturated heterocycles. The highest BCUT2D eigenvalue weighted by atomic mass is 32.1. The van der Waals surface area contributed by atoms with Crippen LogP contribution in [-0.4, -0.2) is 26.7 Å². The van der Waals surface area contributed by atoms with E-state index in [1.807, 2.05) is 42.6 Å². The van der Waals surface area contributed by atoms with E-state index in [0.29, 0.717) is 11.7 Å². The maximum Gasteiger partial charge on any atom is 0.223 e. The fraction of sp³-hybridized carbons (Fsp3) is 0.158. The number of aromatic nitrogens is 4. The third-order valence-electron chi connectivity index (χ3n) is 3.88. The highest BCUT2D eigenvalue weighted by Gasteiger charge is 2.16. The van der Waals surface area contributed by atoms with E-state index in [1.165, 1.54) is 5.56 Å². The van der Waals surface area contributed by atoms with Crippen molar-refractivity contribution in [2.24, 2.45) is 0 Å². The molecular weight excluding hydrogens is 346 g/mol. The van der Waals surface area contributed by atoms with Crippen molar-refractivity contribution in [2.45, 2.75) is 13.3 Å². The fourth-order valence-electron chi connectivity index (χ4n) is 2.61. The highest BCUT2D eigenvalue weighted by molar-refractivity contribution is 7.13. The summed E-state index contributed by atoms with van der Waals surface area (Å²) in [5, 5.41) is 9.30. The van der Waals surface area contributed by atoms with Gasteiger partial charge < -0.3 is 9.84 Å². The molecule has 0 radical (unpaired) electrons. The molecule has 0 spiro atoms. The number of nitrogens with zero attached hydrogens (tertiary/aromatic N) is 4. The van der Waals surface area contributed by atoms with Crippen LogP contribution in [0.2, 0.25) is 0 Å². The molecule has 6 nitrogen and oxygen atoms in total. The van der Waals surface area contributed by atoms with Gasteiger partial charge in [0.25, 0.3) is 0 Å². The molecule has 4 aromatic heterocycles. The van der Waals surface area contributed by atoms with Gasteiger partial charge in [-0.25, -0.2) is 9.97 Å². The monoisotopic (exact) mass is 363 g/mol. The molecule has 0 aliphatic carbocycles. The maximum atomic E-state index is 5.42. The predicted octanol–water partition coefficient (Wildman–Crippen LogP) is 4.22. The van der Waals surface area contributed by atoms with E-state index < -0.39 is 0 Å². The summed E-state index contributed by atoms with van der Waals surface area (Å²) in [6.07, 6.45) is 6.27. The van der Waals surface area contributed by atoms with Crippen LogP contribution in [0, 0.1) is 6.92 Å². The molecule has 4 aromatic rings. The van der Waals surface area contributed by atoms with Crippen molar-refractivity contribution in [3.8, 4) is 21.9 Å². The molecule has 0 bridgehead atoms. The smallest absolute Gasteiger partial charge is 0.223 e. The standard InChI is InChI=1S/C19H17N5OS/c1-13-11-16(25-24-13)15-12-22-19(23-18(15)17-3-2-10-26-17)21-9-6-14-4-7-20-8-5-14/h2-5,7-8,10-12H,6,9H2,1H3,(H,21,22,23). The third-order valence-corrected chi connectivity index (χ3v) is 4.76. The van der Waals surface area contributed by atoms with Crippen LogP contribution >= 0.6 is 11.3 Å². The SMILES string of the molecule is Cc1cc(-c2cnc(NCCc3ccncc3)nc2-c2cccs2)on1. The largest absolute Gasteiger partial charge is 0.356 e. The van der Waals surface area contributed by atoms with E-state index in [-0.39, 0.29) is 0 Å². The summed E-state index contributed by atoms with van der Waals surface area (Å²) in [6.45, 7) is 2.64. The molecule has 0 aliphatic rings. The maximum absolute atomic E-state index is 5.42. The first-order chi connectivity index (χ1) is 12.8. The van der Waals surface area contributed by atoms with Gasteiger partial charge in [-0.1, -0.05) is 11.2 Å². The minimum Gasteiger partial charge on any atom is -0.356 e. The summed E-state index contributed by atoms with van der Waals surface area (Å²) in [4.78, 5) is 14.3. The van der Waals surface area contributed by atoms with Gasteiger partial charge in [0.1, 0.15) is 0 Å². The van der Waals surface area contributed by atoms with Crippen LogP contribution in [0.15, 0.2) is 58.8 Å². The van der Waals surface area contributed by atoms with E-state index in [4.69, 9.17) is 9.51 Å². The summed E-state index contributed by atoms with van der Waals surface area (Å²) in [5.74, 6) is 1.27. The number of nitrogens with one attached hydrogen (secondary N) is 1. The van der Waals surface area contributed by atoms with Gasteiger partial charge in [-0.05, 0) is 42.5 Å². The molecule has 130 valence electrons. The van der Waals surface area contributed by atoms with Crippen LogP contribution in [0.1, 0.15) is 11.3 Å². The molecule has 0 unspecified atom stereocenters. The van der Waals surface area contributed by atoms with Gasteiger partial charge in [-0.2, -0.15) is 0 Å². The Morgan fingerprint density at radius 2 is 2.08 bits per heavy atom. The second kappa shape index (κ2) is 7.45. The number of aryl methyl sites for hydroxylation is 1. The molecule has 4 rings (SSSR count).